The van der Waals surface area contributed by atoms with Crippen molar-refractivity contribution in [3.8, 4) is 0 Å². The van der Waals surface area contributed by atoms with Crippen molar-refractivity contribution in [1.29, 1.82) is 0 Å². The largest absolute Gasteiger partial charge is 0.316 e. The van der Waals surface area contributed by atoms with Crippen LogP contribution >= 0.6 is 0 Å². The molecule has 0 amide bonds. The molecule has 1 N–H and O–H groups in total. The van der Waals surface area contributed by atoms with E-state index in [2.05, 4.69) is 51.1 Å². The Balaban J connectivity index is 1.93. The summed E-state index contributed by atoms with van der Waals surface area (Å²) >= 11 is 0. The maximum absolute atomic E-state index is 4.81. The van der Waals surface area contributed by atoms with Gasteiger partial charge in [0.1, 0.15) is 5.82 Å². The molecule has 1 unspecified atom stereocenters. The zero-order valence-corrected chi connectivity index (χ0v) is 14.4. The van der Waals surface area contributed by atoms with Crippen molar-refractivity contribution >= 4 is 0 Å². The van der Waals surface area contributed by atoms with Crippen LogP contribution in [0, 0.1) is 17.3 Å². The number of aromatic nitrogens is 2. The lowest BCUT2D eigenvalue weighted by Crippen LogP contribution is -2.30. The highest BCUT2D eigenvalue weighted by Crippen LogP contribution is 2.25. The number of hydrogen-bond donors (Lipinski definition) is 1. The van der Waals surface area contributed by atoms with Crippen LogP contribution in [-0.4, -0.2) is 23.1 Å². The lowest BCUT2D eigenvalue weighted by Gasteiger charge is -2.25. The summed E-state index contributed by atoms with van der Waals surface area (Å²) in [5, 5.41) is 3.59. The van der Waals surface area contributed by atoms with E-state index in [-0.39, 0.29) is 5.41 Å². The zero-order chi connectivity index (χ0) is 15.5. The molecule has 1 atom stereocenters. The van der Waals surface area contributed by atoms with Gasteiger partial charge < -0.3 is 5.32 Å². The van der Waals surface area contributed by atoms with Crippen LogP contribution in [0.5, 0.6) is 0 Å². The first-order chi connectivity index (χ1) is 9.83. The Hall–Kier alpha value is -0.960. The van der Waals surface area contributed by atoms with Gasteiger partial charge in [0.05, 0.1) is 0 Å². The Bertz CT molecular complexity index is 460. The molecule has 118 valence electrons. The summed E-state index contributed by atoms with van der Waals surface area (Å²) in [6.45, 7) is 13.5. The second kappa shape index (κ2) is 6.87. The third-order valence-electron chi connectivity index (χ3n) is 3.98. The van der Waals surface area contributed by atoms with Gasteiger partial charge in [0.2, 0.25) is 0 Å². The van der Waals surface area contributed by atoms with Gasteiger partial charge in [-0.25, -0.2) is 9.97 Å². The van der Waals surface area contributed by atoms with Crippen molar-refractivity contribution in [3.05, 3.63) is 23.3 Å². The standard InChI is InChI=1S/C18H31N3/c1-13(2)10-19-11-14-6-7-16-15(8-14)12-20-17(21-16)9-18(3,4)5/h12-14,19H,6-11H2,1-5H3. The van der Waals surface area contributed by atoms with Gasteiger partial charge in [-0.15, -0.1) is 0 Å². The molecular weight excluding hydrogens is 258 g/mol. The molecule has 0 saturated carbocycles. The molecule has 0 spiro atoms. The minimum absolute atomic E-state index is 0.256. The van der Waals surface area contributed by atoms with E-state index in [1.807, 2.05) is 0 Å². The van der Waals surface area contributed by atoms with E-state index in [1.165, 1.54) is 17.7 Å². The summed E-state index contributed by atoms with van der Waals surface area (Å²) in [6, 6.07) is 0. The van der Waals surface area contributed by atoms with Gasteiger partial charge in [-0.3, -0.25) is 0 Å². The van der Waals surface area contributed by atoms with Crippen molar-refractivity contribution < 1.29 is 0 Å². The Morgan fingerprint density at radius 2 is 2.10 bits per heavy atom. The summed E-state index contributed by atoms with van der Waals surface area (Å²) in [4.78, 5) is 9.40. The van der Waals surface area contributed by atoms with Crippen molar-refractivity contribution in [2.24, 2.45) is 17.3 Å². The van der Waals surface area contributed by atoms with Crippen LogP contribution in [0.2, 0.25) is 0 Å². The Morgan fingerprint density at radius 3 is 2.76 bits per heavy atom. The van der Waals surface area contributed by atoms with E-state index in [9.17, 15) is 0 Å². The molecular formula is C18H31N3. The van der Waals surface area contributed by atoms with Gasteiger partial charge >= 0.3 is 0 Å². The first kappa shape index (κ1) is 16.4. The quantitative estimate of drug-likeness (QED) is 0.902. The average Bonchev–Trinajstić information content (AvgIpc) is 2.36. The maximum Gasteiger partial charge on any atom is 0.129 e. The average molecular weight is 289 g/mol. The van der Waals surface area contributed by atoms with Crippen LogP contribution < -0.4 is 5.32 Å². The summed E-state index contributed by atoms with van der Waals surface area (Å²) in [7, 11) is 0. The highest BCUT2D eigenvalue weighted by atomic mass is 14.9. The highest BCUT2D eigenvalue weighted by Gasteiger charge is 2.21. The van der Waals surface area contributed by atoms with E-state index >= 15 is 0 Å². The minimum Gasteiger partial charge on any atom is -0.316 e. The van der Waals surface area contributed by atoms with Crippen LogP contribution in [0.15, 0.2) is 6.20 Å². The fourth-order valence-corrected chi connectivity index (χ4v) is 2.93. The maximum atomic E-state index is 4.81. The molecule has 1 heterocycles. The SMILES string of the molecule is CC(C)CNCC1CCc2nc(CC(C)(C)C)ncc2C1. The number of hydrogen-bond acceptors (Lipinski definition) is 3. The van der Waals surface area contributed by atoms with E-state index < -0.39 is 0 Å². The number of nitrogens with one attached hydrogen (secondary N) is 1. The molecule has 0 aromatic carbocycles. The summed E-state index contributed by atoms with van der Waals surface area (Å²) in [5.74, 6) is 2.48. The normalized spacial score (nSPS) is 18.9. The fraction of sp³-hybridized carbons (Fsp3) is 0.778. The molecule has 1 aliphatic rings. The van der Waals surface area contributed by atoms with Gasteiger partial charge in [0.15, 0.2) is 0 Å². The molecule has 3 nitrogen and oxygen atoms in total. The van der Waals surface area contributed by atoms with Crippen molar-refractivity contribution in [3.63, 3.8) is 0 Å². The third-order valence-corrected chi connectivity index (χ3v) is 3.98. The second-order valence-corrected chi connectivity index (χ2v) is 8.16. The minimum atomic E-state index is 0.256. The Labute approximate surface area is 130 Å². The summed E-state index contributed by atoms with van der Waals surface area (Å²) in [6.07, 6.45) is 6.54. The molecule has 1 aliphatic carbocycles. The summed E-state index contributed by atoms with van der Waals surface area (Å²) in [5.41, 5.74) is 2.92. The van der Waals surface area contributed by atoms with Gasteiger partial charge in [-0.1, -0.05) is 34.6 Å². The van der Waals surface area contributed by atoms with Gasteiger partial charge in [-0.05, 0) is 55.2 Å². The predicted molar refractivity (Wildman–Crippen MR) is 88.4 cm³/mol. The van der Waals surface area contributed by atoms with Gasteiger partial charge in [-0.2, -0.15) is 0 Å². The molecule has 3 heteroatoms. The van der Waals surface area contributed by atoms with Crippen molar-refractivity contribution in [1.82, 2.24) is 15.3 Å². The summed E-state index contributed by atoms with van der Waals surface area (Å²) < 4.78 is 0. The lowest BCUT2D eigenvalue weighted by atomic mass is 9.86. The number of aryl methyl sites for hydroxylation is 1. The van der Waals surface area contributed by atoms with Gasteiger partial charge in [0, 0.05) is 18.3 Å². The van der Waals surface area contributed by atoms with E-state index in [0.717, 1.165) is 50.0 Å². The molecule has 0 saturated heterocycles. The van der Waals surface area contributed by atoms with E-state index in [4.69, 9.17) is 4.98 Å². The second-order valence-electron chi connectivity index (χ2n) is 8.16. The molecule has 1 aromatic heterocycles. The number of fused-ring (bicyclic) bond motifs is 1. The number of nitrogens with zero attached hydrogens (tertiary/aromatic N) is 2. The van der Waals surface area contributed by atoms with E-state index in [1.54, 1.807) is 0 Å². The molecule has 0 aliphatic heterocycles. The van der Waals surface area contributed by atoms with E-state index in [0.29, 0.717) is 0 Å². The Morgan fingerprint density at radius 1 is 1.33 bits per heavy atom. The van der Waals surface area contributed by atoms with Crippen LogP contribution in [0.25, 0.3) is 0 Å². The zero-order valence-electron chi connectivity index (χ0n) is 14.4. The van der Waals surface area contributed by atoms with Crippen LogP contribution in [0.3, 0.4) is 0 Å². The smallest absolute Gasteiger partial charge is 0.129 e. The third kappa shape index (κ3) is 5.39. The fourth-order valence-electron chi connectivity index (χ4n) is 2.93. The molecule has 0 bridgehead atoms. The number of rotatable bonds is 5. The van der Waals surface area contributed by atoms with Crippen molar-refractivity contribution in [2.75, 3.05) is 13.1 Å². The van der Waals surface area contributed by atoms with Crippen molar-refractivity contribution in [2.45, 2.75) is 60.3 Å². The lowest BCUT2D eigenvalue weighted by molar-refractivity contribution is 0.390. The molecule has 0 fully saturated rings. The monoisotopic (exact) mass is 289 g/mol. The van der Waals surface area contributed by atoms with Crippen LogP contribution in [0.1, 0.15) is 58.1 Å². The first-order valence-corrected chi connectivity index (χ1v) is 8.38. The first-order valence-electron chi connectivity index (χ1n) is 8.38. The molecule has 2 rings (SSSR count). The van der Waals surface area contributed by atoms with Gasteiger partial charge in [0.25, 0.3) is 0 Å². The van der Waals surface area contributed by atoms with Crippen LogP contribution in [0.4, 0.5) is 0 Å². The molecule has 0 radical (unpaired) electrons. The topological polar surface area (TPSA) is 37.8 Å². The molecule has 1 aromatic rings. The highest BCUT2D eigenvalue weighted by molar-refractivity contribution is 5.21. The van der Waals surface area contributed by atoms with Crippen LogP contribution in [-0.2, 0) is 19.3 Å². The molecule has 21 heavy (non-hydrogen) atoms. The predicted octanol–water partition coefficient (Wildman–Crippen LogP) is 3.42. The Kier molecular flexibility index (Phi) is 5.37.